The number of carbonyl (C=O) groups excluding carboxylic acids is 5. The highest BCUT2D eigenvalue weighted by atomic mass is 127. The van der Waals surface area contributed by atoms with Gasteiger partial charge in [0, 0.05) is 132 Å². The Balaban J connectivity index is 0.000000109. The molecule has 5 amide bonds. The molecule has 5 aliphatic heterocycles. The van der Waals surface area contributed by atoms with Crippen LogP contribution in [0.4, 0.5) is 0 Å². The highest BCUT2D eigenvalue weighted by Gasteiger charge is 2.28. The third-order valence-electron chi connectivity index (χ3n) is 13.0. The summed E-state index contributed by atoms with van der Waals surface area (Å²) in [6.45, 7) is 7.42. The molecule has 0 bridgehead atoms. The Morgan fingerprint density at radius 2 is 0.843 bits per heavy atom. The second-order valence-electron chi connectivity index (χ2n) is 18.7. The van der Waals surface area contributed by atoms with Crippen molar-refractivity contribution in [3.63, 3.8) is 0 Å². The summed E-state index contributed by atoms with van der Waals surface area (Å²) in [5, 5.41) is 48.5. The van der Waals surface area contributed by atoms with Gasteiger partial charge in [-0.25, -0.2) is 0 Å². The molecule has 0 saturated carbocycles. The van der Waals surface area contributed by atoms with Crippen LogP contribution in [0, 0.1) is 17.4 Å². The first-order valence-electron chi connectivity index (χ1n) is 25.5. The summed E-state index contributed by atoms with van der Waals surface area (Å²) < 4.78 is 19.0. The van der Waals surface area contributed by atoms with E-state index in [1.165, 1.54) is 65.9 Å². The molecule has 1 atom stereocenters. The van der Waals surface area contributed by atoms with E-state index in [4.69, 9.17) is 0 Å². The minimum atomic E-state index is -1.08. The number of thiophene rings is 5. The molecule has 0 fully saturated rings. The van der Waals surface area contributed by atoms with E-state index >= 15 is 0 Å². The lowest BCUT2D eigenvalue weighted by atomic mass is 10.2. The molecular formula is C57H47BrIN5O9S10. The number of phenolic OH excluding ortho intramolecular Hbond substituents is 3. The second-order valence-corrected chi connectivity index (χ2v) is 31.8. The summed E-state index contributed by atoms with van der Waals surface area (Å²) in [7, 11) is -1.08. The van der Waals surface area contributed by atoms with Gasteiger partial charge in [0.1, 0.15) is 41.6 Å². The van der Waals surface area contributed by atoms with E-state index in [1.807, 2.05) is 43.3 Å². The third-order valence-corrected chi connectivity index (χ3v) is 27.3. The van der Waals surface area contributed by atoms with Crippen molar-refractivity contribution in [3.05, 3.63) is 122 Å². The number of hydrogen-bond donors (Lipinski definition) is 8. The van der Waals surface area contributed by atoms with E-state index in [9.17, 15) is 43.5 Å². The Hall–Kier alpha value is -4.59. The van der Waals surface area contributed by atoms with Crippen LogP contribution in [0.3, 0.4) is 0 Å². The smallest absolute Gasteiger partial charge is 0.262 e. The van der Waals surface area contributed by atoms with E-state index in [0.717, 1.165) is 118 Å². The van der Waals surface area contributed by atoms with Gasteiger partial charge in [-0.3, -0.25) is 28.2 Å². The minimum absolute atomic E-state index is 0.000639. The molecule has 10 aromatic rings. The molecule has 5 aromatic carbocycles. The minimum Gasteiger partial charge on any atom is -0.508 e. The fraction of sp³-hybridized carbons (Fsp3) is 0.211. The number of fused-ring (bicyclic) bond motifs is 15. The van der Waals surface area contributed by atoms with Gasteiger partial charge in [-0.1, -0.05) is 23.3 Å². The number of rotatable bonds is 0. The fourth-order valence-corrected chi connectivity index (χ4v) is 23.2. The van der Waals surface area contributed by atoms with Crippen LogP contribution in [0.25, 0.3) is 50.4 Å². The molecule has 0 spiro atoms. The van der Waals surface area contributed by atoms with Crippen molar-refractivity contribution in [2.75, 3.05) is 61.5 Å². The summed E-state index contributed by atoms with van der Waals surface area (Å²) in [4.78, 5) is 67.9. The van der Waals surface area contributed by atoms with Gasteiger partial charge in [0.15, 0.2) is 0 Å². The highest BCUT2D eigenvalue weighted by Crippen LogP contribution is 2.47. The van der Waals surface area contributed by atoms with E-state index < -0.39 is 10.8 Å². The van der Waals surface area contributed by atoms with Gasteiger partial charge in [0.2, 0.25) is 0 Å². The molecule has 83 heavy (non-hydrogen) atoms. The number of thioether (sulfide) groups is 4. The zero-order valence-electron chi connectivity index (χ0n) is 43.7. The molecule has 0 radical (unpaired) electrons. The quantitative estimate of drug-likeness (QED) is 0.0663. The molecule has 1 unspecified atom stereocenters. The maximum atomic E-state index is 12.2. The molecule has 15 rings (SSSR count). The van der Waals surface area contributed by atoms with Crippen molar-refractivity contribution < 1.29 is 43.5 Å². The maximum absolute atomic E-state index is 12.2. The normalized spacial score (nSPS) is 16.4. The zero-order chi connectivity index (χ0) is 58.2. The Morgan fingerprint density at radius 3 is 1.40 bits per heavy atom. The largest absolute Gasteiger partial charge is 0.508 e. The first-order chi connectivity index (χ1) is 40.0. The van der Waals surface area contributed by atoms with E-state index in [0.29, 0.717) is 41.3 Å². The van der Waals surface area contributed by atoms with Crippen molar-refractivity contribution >= 4 is 233 Å². The molecule has 5 aliphatic rings. The number of benzene rings is 5. The van der Waals surface area contributed by atoms with E-state index in [2.05, 4.69) is 90.2 Å². The number of phenols is 3. The van der Waals surface area contributed by atoms with Gasteiger partial charge in [-0.05, 0) is 119 Å². The number of hydrogen-bond acceptors (Lipinski definition) is 18. The molecule has 0 saturated heterocycles. The number of aryl methyl sites for hydroxylation is 2. The van der Waals surface area contributed by atoms with Gasteiger partial charge < -0.3 is 41.9 Å². The summed E-state index contributed by atoms with van der Waals surface area (Å²) in [5.74, 6) is 4.77. The lowest BCUT2D eigenvalue weighted by Crippen LogP contribution is -2.23. The molecule has 10 heterocycles. The topological polar surface area (TPSA) is 223 Å². The number of nitrogens with one attached hydrogen (secondary N) is 5. The van der Waals surface area contributed by atoms with Gasteiger partial charge >= 0.3 is 0 Å². The zero-order valence-corrected chi connectivity index (χ0v) is 55.6. The van der Waals surface area contributed by atoms with Crippen LogP contribution in [0.1, 0.15) is 59.5 Å². The van der Waals surface area contributed by atoms with E-state index in [-0.39, 0.29) is 46.8 Å². The Morgan fingerprint density at radius 1 is 0.458 bits per heavy atom. The molecular weight excluding hydrogens is 1430 g/mol. The first kappa shape index (κ1) is 60.1. The lowest BCUT2D eigenvalue weighted by molar-refractivity contribution is 0.0950. The monoisotopic (exact) mass is 1470 g/mol. The maximum Gasteiger partial charge on any atom is 0.262 e. The fourth-order valence-electron chi connectivity index (χ4n) is 9.24. The Bertz CT molecular complexity index is 4090. The van der Waals surface area contributed by atoms with E-state index in [1.54, 1.807) is 82.6 Å². The van der Waals surface area contributed by atoms with Gasteiger partial charge in [-0.15, -0.1) is 104 Å². The Kier molecular flexibility index (Phi) is 19.0. The number of halogens is 2. The number of amides is 5. The van der Waals surface area contributed by atoms with Crippen molar-refractivity contribution in [3.8, 4) is 17.2 Å². The second kappa shape index (κ2) is 26.2. The van der Waals surface area contributed by atoms with Gasteiger partial charge in [0.25, 0.3) is 29.5 Å². The van der Waals surface area contributed by atoms with Crippen LogP contribution < -0.4 is 26.6 Å². The van der Waals surface area contributed by atoms with Crippen molar-refractivity contribution in [1.82, 2.24) is 26.6 Å². The summed E-state index contributed by atoms with van der Waals surface area (Å²) in [5.41, 5.74) is 2.37. The molecule has 0 aliphatic carbocycles. The summed E-state index contributed by atoms with van der Waals surface area (Å²) in [6, 6.07) is 24.7. The molecule has 8 N–H and O–H groups in total. The van der Waals surface area contributed by atoms with Crippen LogP contribution in [-0.2, 0) is 10.8 Å². The standard InChI is InChI=1S/C12H11NO2S2.C12H11NOS2.C11H8BrNO2S2.C11H8INO2S2.C11H9NO2S2/c1-7-2-3-9-8(6-7)11-10(16-9)12(14)13-4-5-17(11)15;1-7-2-3-9-8(6-7)10-11(16-9)12(14)13-4-5-15-10;2*12-8-5(14)1-2-6-7(8)9-10(17-6)11(15)13-3-4-16-9;13-6-1-2-8-7(5-6)9-10(16-8)11(14)12-3-4-15-9/h2-3,6H,4-5H2,1H3,(H,13,14);2-3,6H,4-5H2,1H3,(H,13,14);2*1-2,14H,3-4H2,(H,13,15);1-2,5,13H,3-4H2,(H,12,14). The molecule has 14 nitrogen and oxygen atoms in total. The van der Waals surface area contributed by atoms with Crippen LogP contribution in [-0.4, -0.2) is 111 Å². The molecule has 26 heteroatoms. The number of aromatic hydroxyl groups is 3. The SMILES string of the molecule is Cc1ccc2sc3c(c2c1)S(=O)CCNC3=O.Cc1ccc2sc3c(c2c1)SCCNC3=O.O=C1NCCSc2c1sc1ccc(O)c(Br)c21.O=C1NCCSc2c1sc1ccc(O)c(I)c21.O=C1NCCSc2c1sc1ccc(O)cc21. The highest BCUT2D eigenvalue weighted by molar-refractivity contribution is 14.1. The van der Waals surface area contributed by atoms with Gasteiger partial charge in [0.05, 0.1) is 23.7 Å². The predicted molar refractivity (Wildman–Crippen MR) is 360 cm³/mol. The lowest BCUT2D eigenvalue weighted by Gasteiger charge is -2.01. The number of carbonyl (C=O) groups is 5. The Labute approximate surface area is 536 Å². The predicted octanol–water partition coefficient (Wildman–Crippen LogP) is 13.8. The summed E-state index contributed by atoms with van der Waals surface area (Å²) >= 11 is 19.8. The third kappa shape index (κ3) is 12.7. The van der Waals surface area contributed by atoms with Crippen LogP contribution in [0.15, 0.2) is 108 Å². The summed E-state index contributed by atoms with van der Waals surface area (Å²) in [6.07, 6.45) is 0. The van der Waals surface area contributed by atoms with Crippen molar-refractivity contribution in [2.24, 2.45) is 0 Å². The average Bonchev–Trinajstić information content (AvgIpc) is 4.11. The van der Waals surface area contributed by atoms with Crippen LogP contribution >= 0.6 is 142 Å². The van der Waals surface area contributed by atoms with Gasteiger partial charge in [-0.2, -0.15) is 0 Å². The van der Waals surface area contributed by atoms with Crippen LogP contribution in [0.5, 0.6) is 17.2 Å². The van der Waals surface area contributed by atoms with Crippen molar-refractivity contribution in [2.45, 2.75) is 38.3 Å². The van der Waals surface area contributed by atoms with Crippen molar-refractivity contribution in [1.29, 1.82) is 0 Å². The first-order valence-corrected chi connectivity index (χ1v) is 36.8. The molecule has 428 valence electrons. The molecule has 5 aromatic heterocycles. The van der Waals surface area contributed by atoms with Crippen LogP contribution in [0.2, 0.25) is 0 Å². The average molecular weight is 1470 g/mol.